The molecule has 0 spiro atoms. The Hall–Kier alpha value is -0.880. The average Bonchev–Trinajstić information content (AvgIpc) is 2.74. The van der Waals surface area contributed by atoms with Gasteiger partial charge in [-0.3, -0.25) is 4.79 Å². The Bertz CT molecular complexity index is 433. The molecule has 0 fully saturated rings. The molecule has 4 nitrogen and oxygen atoms in total. The van der Waals surface area contributed by atoms with E-state index >= 15 is 0 Å². The van der Waals surface area contributed by atoms with Gasteiger partial charge < -0.3 is 10.4 Å². The van der Waals surface area contributed by atoms with Crippen LogP contribution < -0.4 is 5.32 Å². The van der Waals surface area contributed by atoms with E-state index in [1.807, 2.05) is 19.1 Å². The Labute approximate surface area is 125 Å². The Morgan fingerprint density at radius 3 is 2.74 bits per heavy atom. The molecule has 1 atom stereocenters. The van der Waals surface area contributed by atoms with Crippen LogP contribution in [0.25, 0.3) is 0 Å². The lowest BCUT2D eigenvalue weighted by Gasteiger charge is -2.13. The van der Waals surface area contributed by atoms with E-state index in [1.165, 1.54) is 4.88 Å². The SMILES string of the molecule is CCC[C@@H](NC(=O)CCCc1ccc(Br)s1)C(=O)O. The summed E-state index contributed by atoms with van der Waals surface area (Å²) in [7, 11) is 0. The Morgan fingerprint density at radius 2 is 2.21 bits per heavy atom. The third kappa shape index (κ3) is 6.20. The molecule has 1 rings (SSSR count). The molecule has 0 aliphatic heterocycles. The maximum Gasteiger partial charge on any atom is 0.326 e. The van der Waals surface area contributed by atoms with Crippen molar-refractivity contribution >= 4 is 39.1 Å². The minimum absolute atomic E-state index is 0.184. The summed E-state index contributed by atoms with van der Waals surface area (Å²) in [6, 6.07) is 3.26. The van der Waals surface area contributed by atoms with Gasteiger partial charge in [-0.05, 0) is 47.3 Å². The highest BCUT2D eigenvalue weighted by molar-refractivity contribution is 9.11. The largest absolute Gasteiger partial charge is 0.480 e. The maximum absolute atomic E-state index is 11.6. The summed E-state index contributed by atoms with van der Waals surface area (Å²) in [5.74, 6) is -1.14. The van der Waals surface area contributed by atoms with E-state index in [0.717, 1.165) is 23.0 Å². The summed E-state index contributed by atoms with van der Waals surface area (Å²) in [5, 5.41) is 11.5. The van der Waals surface area contributed by atoms with E-state index in [2.05, 4.69) is 21.2 Å². The molecule has 0 aliphatic carbocycles. The summed E-state index contributed by atoms with van der Waals surface area (Å²) in [4.78, 5) is 23.8. The molecular formula is C13H18BrNO3S. The van der Waals surface area contributed by atoms with Crippen LogP contribution in [0.2, 0.25) is 0 Å². The lowest BCUT2D eigenvalue weighted by molar-refractivity contribution is -0.142. The zero-order chi connectivity index (χ0) is 14.3. The topological polar surface area (TPSA) is 66.4 Å². The molecule has 0 radical (unpaired) electrons. The Balaban J connectivity index is 2.28. The van der Waals surface area contributed by atoms with Crippen LogP contribution in [0, 0.1) is 0 Å². The van der Waals surface area contributed by atoms with E-state index in [1.54, 1.807) is 11.3 Å². The van der Waals surface area contributed by atoms with Crippen molar-refractivity contribution in [2.45, 2.75) is 45.1 Å². The Kier molecular flexibility index (Phi) is 7.09. The van der Waals surface area contributed by atoms with Gasteiger partial charge in [0.25, 0.3) is 0 Å². The standard InChI is InChI=1S/C13H18BrNO3S/c1-2-4-10(13(17)18)15-12(16)6-3-5-9-7-8-11(14)19-9/h7-8,10H,2-6H2,1H3,(H,15,16)(H,17,18)/t10-/m1/s1. The number of hydrogen-bond donors (Lipinski definition) is 2. The molecule has 106 valence electrons. The van der Waals surface area contributed by atoms with E-state index in [9.17, 15) is 9.59 Å². The first-order valence-electron chi connectivity index (χ1n) is 6.29. The quantitative estimate of drug-likeness (QED) is 0.758. The molecule has 19 heavy (non-hydrogen) atoms. The van der Waals surface area contributed by atoms with Gasteiger partial charge in [0.15, 0.2) is 0 Å². The number of amides is 1. The predicted octanol–water partition coefficient (Wildman–Crippen LogP) is 3.20. The lowest BCUT2D eigenvalue weighted by atomic mass is 10.1. The monoisotopic (exact) mass is 347 g/mol. The number of hydrogen-bond acceptors (Lipinski definition) is 3. The molecule has 6 heteroatoms. The van der Waals surface area contributed by atoms with Crippen molar-refractivity contribution < 1.29 is 14.7 Å². The number of aryl methyl sites for hydroxylation is 1. The van der Waals surface area contributed by atoms with Gasteiger partial charge in [-0.25, -0.2) is 4.79 Å². The van der Waals surface area contributed by atoms with Crippen LogP contribution in [-0.2, 0) is 16.0 Å². The molecule has 1 aromatic rings. The first-order chi connectivity index (χ1) is 9.02. The highest BCUT2D eigenvalue weighted by Crippen LogP contribution is 2.23. The predicted molar refractivity (Wildman–Crippen MR) is 79.4 cm³/mol. The number of nitrogens with one attached hydrogen (secondary N) is 1. The molecule has 0 aliphatic rings. The van der Waals surface area contributed by atoms with Gasteiger partial charge >= 0.3 is 5.97 Å². The summed E-state index contributed by atoms with van der Waals surface area (Å²) in [5.41, 5.74) is 0. The van der Waals surface area contributed by atoms with Crippen LogP contribution in [0.5, 0.6) is 0 Å². The van der Waals surface area contributed by atoms with Crippen LogP contribution >= 0.6 is 27.3 Å². The normalized spacial score (nSPS) is 12.1. The second-order valence-electron chi connectivity index (χ2n) is 4.31. The van der Waals surface area contributed by atoms with Gasteiger partial charge in [0.1, 0.15) is 6.04 Å². The summed E-state index contributed by atoms with van der Waals surface area (Å²) in [6.45, 7) is 1.90. The fourth-order valence-corrected chi connectivity index (χ4v) is 3.25. The minimum atomic E-state index is -0.961. The second-order valence-corrected chi connectivity index (χ2v) is 6.85. The number of carboxylic acid groups (broad SMARTS) is 1. The summed E-state index contributed by atoms with van der Waals surface area (Å²) < 4.78 is 1.08. The summed E-state index contributed by atoms with van der Waals surface area (Å²) in [6.07, 6.45) is 3.15. The number of thiophene rings is 1. The van der Waals surface area contributed by atoms with Crippen molar-refractivity contribution in [3.05, 3.63) is 20.8 Å². The molecule has 1 heterocycles. The second kappa shape index (κ2) is 8.32. The van der Waals surface area contributed by atoms with Crippen molar-refractivity contribution in [3.8, 4) is 0 Å². The van der Waals surface area contributed by atoms with Crippen LogP contribution in [0.4, 0.5) is 0 Å². The first kappa shape index (κ1) is 16.2. The van der Waals surface area contributed by atoms with Gasteiger partial charge in [-0.15, -0.1) is 11.3 Å². The van der Waals surface area contributed by atoms with Crippen molar-refractivity contribution in [1.82, 2.24) is 5.32 Å². The lowest BCUT2D eigenvalue weighted by Crippen LogP contribution is -2.40. The number of halogens is 1. The highest BCUT2D eigenvalue weighted by Gasteiger charge is 2.18. The molecule has 2 N–H and O–H groups in total. The zero-order valence-corrected chi connectivity index (χ0v) is 13.2. The van der Waals surface area contributed by atoms with Crippen molar-refractivity contribution in [1.29, 1.82) is 0 Å². The smallest absolute Gasteiger partial charge is 0.326 e. The number of carbonyl (C=O) groups excluding carboxylic acids is 1. The van der Waals surface area contributed by atoms with E-state index in [4.69, 9.17) is 5.11 Å². The number of aliphatic carboxylic acids is 1. The van der Waals surface area contributed by atoms with Gasteiger partial charge in [-0.2, -0.15) is 0 Å². The van der Waals surface area contributed by atoms with Crippen molar-refractivity contribution in [2.24, 2.45) is 0 Å². The van der Waals surface area contributed by atoms with Gasteiger partial charge in [0, 0.05) is 11.3 Å². The molecule has 1 amide bonds. The molecular weight excluding hydrogens is 330 g/mol. The Morgan fingerprint density at radius 1 is 1.47 bits per heavy atom. The minimum Gasteiger partial charge on any atom is -0.480 e. The number of carbonyl (C=O) groups is 2. The number of carboxylic acids is 1. The van der Waals surface area contributed by atoms with Crippen LogP contribution in [0.15, 0.2) is 15.9 Å². The molecule has 0 unspecified atom stereocenters. The highest BCUT2D eigenvalue weighted by atomic mass is 79.9. The van der Waals surface area contributed by atoms with Gasteiger partial charge in [0.2, 0.25) is 5.91 Å². The maximum atomic E-state index is 11.6. The third-order valence-corrected chi connectivity index (χ3v) is 4.35. The van der Waals surface area contributed by atoms with Crippen molar-refractivity contribution in [2.75, 3.05) is 0 Å². The molecule has 0 saturated carbocycles. The van der Waals surface area contributed by atoms with Crippen molar-refractivity contribution in [3.63, 3.8) is 0 Å². The van der Waals surface area contributed by atoms with Crippen LogP contribution in [-0.4, -0.2) is 23.0 Å². The number of rotatable bonds is 8. The average molecular weight is 348 g/mol. The van der Waals surface area contributed by atoms with E-state index < -0.39 is 12.0 Å². The van der Waals surface area contributed by atoms with Gasteiger partial charge in [-0.1, -0.05) is 13.3 Å². The van der Waals surface area contributed by atoms with E-state index in [0.29, 0.717) is 12.8 Å². The molecule has 0 aromatic carbocycles. The first-order valence-corrected chi connectivity index (χ1v) is 7.90. The fourth-order valence-electron chi connectivity index (χ4n) is 1.72. The van der Waals surface area contributed by atoms with Crippen LogP contribution in [0.1, 0.15) is 37.5 Å². The van der Waals surface area contributed by atoms with Gasteiger partial charge in [0.05, 0.1) is 3.79 Å². The molecule has 1 aromatic heterocycles. The zero-order valence-electron chi connectivity index (χ0n) is 10.8. The third-order valence-electron chi connectivity index (χ3n) is 2.67. The fraction of sp³-hybridized carbons (Fsp3) is 0.538. The van der Waals surface area contributed by atoms with E-state index in [-0.39, 0.29) is 5.91 Å². The van der Waals surface area contributed by atoms with Crippen LogP contribution in [0.3, 0.4) is 0 Å². The molecule has 0 saturated heterocycles. The summed E-state index contributed by atoms with van der Waals surface area (Å²) >= 11 is 5.05. The molecule has 0 bridgehead atoms.